The summed E-state index contributed by atoms with van der Waals surface area (Å²) in [5.41, 5.74) is 0.616. The van der Waals surface area contributed by atoms with Crippen LogP contribution in [0.15, 0.2) is 18.3 Å². The first-order chi connectivity index (χ1) is 10.4. The van der Waals surface area contributed by atoms with Crippen LogP contribution in [-0.4, -0.2) is 52.5 Å². The number of anilines is 1. The number of aromatic nitrogens is 1. The van der Waals surface area contributed by atoms with E-state index < -0.39 is 17.4 Å². The van der Waals surface area contributed by atoms with Crippen LogP contribution in [0.4, 0.5) is 5.82 Å². The van der Waals surface area contributed by atoms with Gasteiger partial charge < -0.3 is 14.9 Å². The molecular weight excluding hydrogens is 282 g/mol. The molecule has 2 aliphatic rings. The van der Waals surface area contributed by atoms with Crippen molar-refractivity contribution in [2.45, 2.75) is 31.7 Å². The Labute approximate surface area is 129 Å². The van der Waals surface area contributed by atoms with Gasteiger partial charge in [-0.1, -0.05) is 0 Å². The number of carboxylic acid groups (broad SMARTS) is 1. The lowest BCUT2D eigenvalue weighted by Gasteiger charge is -2.45. The number of hydrogen-bond donors (Lipinski definition) is 1. The molecule has 1 aromatic rings. The molecule has 0 radical (unpaired) electrons. The third-order valence-corrected chi connectivity index (χ3v) is 5.22. The van der Waals surface area contributed by atoms with Gasteiger partial charge in [0.1, 0.15) is 5.82 Å². The summed E-state index contributed by atoms with van der Waals surface area (Å²) in [6.07, 6.45) is 3.25. The van der Waals surface area contributed by atoms with E-state index in [4.69, 9.17) is 0 Å². The van der Waals surface area contributed by atoms with Gasteiger partial charge in [0.2, 0.25) is 5.91 Å². The van der Waals surface area contributed by atoms with Crippen molar-refractivity contribution < 1.29 is 14.7 Å². The fourth-order valence-corrected chi connectivity index (χ4v) is 3.80. The molecule has 2 fully saturated rings. The zero-order valence-corrected chi connectivity index (χ0v) is 13.0. The molecule has 1 aromatic heterocycles. The highest BCUT2D eigenvalue weighted by Gasteiger charge is 2.55. The van der Waals surface area contributed by atoms with E-state index in [-0.39, 0.29) is 12.3 Å². The number of aryl methyl sites for hydroxylation is 1. The van der Waals surface area contributed by atoms with E-state index >= 15 is 0 Å². The second kappa shape index (κ2) is 5.26. The minimum Gasteiger partial charge on any atom is -0.481 e. The monoisotopic (exact) mass is 303 g/mol. The molecule has 3 rings (SSSR count). The first kappa shape index (κ1) is 14.8. The number of carbonyl (C=O) groups is 2. The number of rotatable bonds is 2. The van der Waals surface area contributed by atoms with Crippen molar-refractivity contribution in [1.82, 2.24) is 9.88 Å². The van der Waals surface area contributed by atoms with Gasteiger partial charge >= 0.3 is 5.97 Å². The van der Waals surface area contributed by atoms with Crippen LogP contribution < -0.4 is 4.90 Å². The largest absolute Gasteiger partial charge is 0.481 e. The van der Waals surface area contributed by atoms with Gasteiger partial charge in [-0.15, -0.1) is 0 Å². The average molecular weight is 303 g/mol. The zero-order valence-electron chi connectivity index (χ0n) is 13.0. The average Bonchev–Trinajstić information content (AvgIpc) is 2.74. The number of nitrogens with zero attached hydrogens (tertiary/aromatic N) is 3. The number of carbonyl (C=O) groups excluding carboxylic acids is 1. The van der Waals surface area contributed by atoms with Crippen molar-refractivity contribution in [3.8, 4) is 0 Å². The van der Waals surface area contributed by atoms with Gasteiger partial charge in [-0.05, 0) is 37.5 Å². The third-order valence-electron chi connectivity index (χ3n) is 5.22. The summed E-state index contributed by atoms with van der Waals surface area (Å²) in [7, 11) is 1.74. The Balaban J connectivity index is 1.80. The third kappa shape index (κ3) is 2.23. The predicted molar refractivity (Wildman–Crippen MR) is 81.7 cm³/mol. The van der Waals surface area contributed by atoms with Crippen LogP contribution in [0.25, 0.3) is 0 Å². The summed E-state index contributed by atoms with van der Waals surface area (Å²) >= 11 is 0. The molecule has 0 aromatic carbocycles. The number of carboxylic acids is 1. The van der Waals surface area contributed by atoms with Crippen molar-refractivity contribution >= 4 is 17.7 Å². The molecule has 3 heterocycles. The summed E-state index contributed by atoms with van der Waals surface area (Å²) in [4.78, 5) is 31.8. The highest BCUT2D eigenvalue weighted by molar-refractivity contribution is 5.88. The fraction of sp³-hybridized carbons (Fsp3) is 0.562. The van der Waals surface area contributed by atoms with Gasteiger partial charge in [-0.2, -0.15) is 0 Å². The van der Waals surface area contributed by atoms with E-state index in [1.807, 2.05) is 19.1 Å². The number of piperidine rings is 1. The fourth-order valence-electron chi connectivity index (χ4n) is 3.80. The van der Waals surface area contributed by atoms with E-state index in [2.05, 4.69) is 9.88 Å². The smallest absolute Gasteiger partial charge is 0.309 e. The summed E-state index contributed by atoms with van der Waals surface area (Å²) in [5, 5.41) is 9.48. The Morgan fingerprint density at radius 1 is 1.41 bits per heavy atom. The van der Waals surface area contributed by atoms with E-state index in [0.29, 0.717) is 12.8 Å². The summed E-state index contributed by atoms with van der Waals surface area (Å²) in [6.45, 7) is 3.47. The lowest BCUT2D eigenvalue weighted by atomic mass is 9.77. The highest BCUT2D eigenvalue weighted by atomic mass is 16.4. The van der Waals surface area contributed by atoms with Crippen LogP contribution in [0.1, 0.15) is 24.8 Å². The van der Waals surface area contributed by atoms with Gasteiger partial charge in [0.05, 0.1) is 11.5 Å². The molecule has 0 unspecified atom stereocenters. The second-order valence-corrected chi connectivity index (χ2v) is 6.33. The molecule has 22 heavy (non-hydrogen) atoms. The Morgan fingerprint density at radius 3 is 2.68 bits per heavy atom. The maximum absolute atomic E-state index is 12.0. The Morgan fingerprint density at radius 2 is 2.09 bits per heavy atom. The number of pyridine rings is 1. The molecule has 2 saturated heterocycles. The summed E-state index contributed by atoms with van der Waals surface area (Å²) in [5.74, 6) is -0.597. The molecule has 1 atom stereocenters. The van der Waals surface area contributed by atoms with Crippen molar-refractivity contribution in [3.63, 3.8) is 0 Å². The first-order valence-corrected chi connectivity index (χ1v) is 7.61. The number of likely N-dealkylation sites (tertiary alicyclic amines) is 1. The summed E-state index contributed by atoms with van der Waals surface area (Å²) in [6, 6.07) is 4.00. The molecular formula is C16H21N3O3. The van der Waals surface area contributed by atoms with Crippen molar-refractivity contribution in [2.24, 2.45) is 5.92 Å². The number of amides is 1. The van der Waals surface area contributed by atoms with Crippen LogP contribution in [0.2, 0.25) is 0 Å². The molecule has 6 heteroatoms. The van der Waals surface area contributed by atoms with Gasteiger partial charge in [-0.3, -0.25) is 9.59 Å². The van der Waals surface area contributed by atoms with Crippen LogP contribution in [0.3, 0.4) is 0 Å². The molecule has 0 saturated carbocycles. The lowest BCUT2D eigenvalue weighted by molar-refractivity contribution is -0.145. The van der Waals surface area contributed by atoms with Crippen LogP contribution in [-0.2, 0) is 9.59 Å². The van der Waals surface area contributed by atoms with Gasteiger partial charge in [-0.25, -0.2) is 4.98 Å². The maximum Gasteiger partial charge on any atom is 0.309 e. The van der Waals surface area contributed by atoms with E-state index in [1.165, 1.54) is 0 Å². The molecule has 1 amide bonds. The van der Waals surface area contributed by atoms with Crippen molar-refractivity contribution in [2.75, 3.05) is 25.0 Å². The molecule has 1 spiro atoms. The molecule has 2 aliphatic heterocycles. The molecule has 6 nitrogen and oxygen atoms in total. The van der Waals surface area contributed by atoms with E-state index in [1.54, 1.807) is 18.1 Å². The van der Waals surface area contributed by atoms with Crippen molar-refractivity contribution in [3.05, 3.63) is 23.9 Å². The number of hydrogen-bond acceptors (Lipinski definition) is 4. The molecule has 1 N–H and O–H groups in total. The Hall–Kier alpha value is -2.11. The van der Waals surface area contributed by atoms with Crippen molar-refractivity contribution in [1.29, 1.82) is 0 Å². The SMILES string of the molecule is Cc1ccnc(N2CCC3(CC2)[C@@H](C(=O)O)CC(=O)N3C)c1. The van der Waals surface area contributed by atoms with E-state index in [0.717, 1.165) is 24.5 Å². The topological polar surface area (TPSA) is 73.7 Å². The van der Waals surface area contributed by atoms with Crippen LogP contribution in [0.5, 0.6) is 0 Å². The maximum atomic E-state index is 12.0. The van der Waals surface area contributed by atoms with Crippen LogP contribution >= 0.6 is 0 Å². The molecule has 0 aliphatic carbocycles. The first-order valence-electron chi connectivity index (χ1n) is 7.61. The Bertz CT molecular complexity index is 608. The van der Waals surface area contributed by atoms with Gasteiger partial charge in [0.15, 0.2) is 0 Å². The van der Waals surface area contributed by atoms with Crippen LogP contribution in [0, 0.1) is 12.8 Å². The quantitative estimate of drug-likeness (QED) is 0.891. The highest BCUT2D eigenvalue weighted by Crippen LogP contribution is 2.43. The lowest BCUT2D eigenvalue weighted by Crippen LogP contribution is -2.56. The Kier molecular flexibility index (Phi) is 3.54. The standard InChI is InChI=1S/C16H21N3O3/c1-11-3-6-17-13(9-11)19-7-4-16(5-8-19)12(15(21)22)10-14(20)18(16)2/h3,6,9,12H,4-5,7-8,10H2,1-2H3,(H,21,22)/t12-/m1/s1. The molecule has 0 bridgehead atoms. The minimum atomic E-state index is -0.861. The van der Waals surface area contributed by atoms with Gasteiger partial charge in [0.25, 0.3) is 0 Å². The number of aliphatic carboxylic acids is 1. The second-order valence-electron chi connectivity index (χ2n) is 6.33. The normalized spacial score (nSPS) is 24.1. The minimum absolute atomic E-state index is 0.0606. The molecule has 118 valence electrons. The zero-order chi connectivity index (χ0) is 15.9. The van der Waals surface area contributed by atoms with E-state index in [9.17, 15) is 14.7 Å². The van der Waals surface area contributed by atoms with Gasteiger partial charge in [0, 0.05) is 32.8 Å². The summed E-state index contributed by atoms with van der Waals surface area (Å²) < 4.78 is 0. The predicted octanol–water partition coefficient (Wildman–Crippen LogP) is 1.29.